The first-order valence-corrected chi connectivity index (χ1v) is 4.54. The van der Waals surface area contributed by atoms with Gasteiger partial charge in [-0.1, -0.05) is 24.1 Å². The first kappa shape index (κ1) is 10.6. The predicted molar refractivity (Wildman–Crippen MR) is 56.3 cm³/mol. The Morgan fingerprint density at radius 2 is 2.07 bits per heavy atom. The van der Waals surface area contributed by atoms with E-state index in [1.165, 1.54) is 0 Å². The minimum atomic E-state index is 0.344. The molecule has 74 valence electrons. The van der Waals surface area contributed by atoms with Crippen LogP contribution in [0.4, 0.5) is 0 Å². The third-order valence-corrected chi connectivity index (χ3v) is 1.76. The first-order valence-electron chi connectivity index (χ1n) is 4.54. The van der Waals surface area contributed by atoms with E-state index in [2.05, 4.69) is 5.92 Å². The molecule has 0 aliphatic heterocycles. The lowest BCUT2D eigenvalue weighted by Gasteiger charge is -2.07. The second-order valence-corrected chi connectivity index (χ2v) is 2.87. The molecule has 1 aromatic carbocycles. The van der Waals surface area contributed by atoms with E-state index in [1.54, 1.807) is 0 Å². The minimum absolute atomic E-state index is 0.344. The molecule has 0 saturated carbocycles. The van der Waals surface area contributed by atoms with Gasteiger partial charge in [-0.05, 0) is 18.6 Å². The van der Waals surface area contributed by atoms with Crippen LogP contribution in [0, 0.1) is 19.3 Å². The Bertz CT molecular complexity index is 312. The molecule has 0 fully saturated rings. The number of rotatable bonds is 5. The van der Waals surface area contributed by atoms with E-state index in [4.69, 9.17) is 15.9 Å². The standard InChI is InChI=1S/C12H14O2/c1-3-8-13-9-10-14-12-7-5-4-6-11(12)2/h1,4-7H,8-10H2,2H3. The van der Waals surface area contributed by atoms with E-state index in [9.17, 15) is 0 Å². The minimum Gasteiger partial charge on any atom is -0.491 e. The molecule has 0 heterocycles. The van der Waals surface area contributed by atoms with E-state index in [1.807, 2.05) is 31.2 Å². The molecule has 0 amide bonds. The second kappa shape index (κ2) is 6.06. The average molecular weight is 190 g/mol. The Hall–Kier alpha value is -1.46. The van der Waals surface area contributed by atoms with Crippen LogP contribution in [-0.2, 0) is 4.74 Å². The fraction of sp³-hybridized carbons (Fsp3) is 0.333. The van der Waals surface area contributed by atoms with Crippen molar-refractivity contribution in [3.05, 3.63) is 29.8 Å². The fourth-order valence-electron chi connectivity index (χ4n) is 1.06. The van der Waals surface area contributed by atoms with E-state index < -0.39 is 0 Å². The number of aryl methyl sites for hydroxylation is 1. The van der Waals surface area contributed by atoms with Crippen molar-refractivity contribution in [3.8, 4) is 18.1 Å². The van der Waals surface area contributed by atoms with Crippen LogP contribution < -0.4 is 4.74 Å². The molecule has 0 radical (unpaired) electrons. The van der Waals surface area contributed by atoms with Gasteiger partial charge < -0.3 is 9.47 Å². The molecule has 14 heavy (non-hydrogen) atoms. The Morgan fingerprint density at radius 3 is 2.79 bits per heavy atom. The quantitative estimate of drug-likeness (QED) is 0.522. The summed E-state index contributed by atoms with van der Waals surface area (Å²) in [5.41, 5.74) is 1.13. The van der Waals surface area contributed by atoms with Crippen molar-refractivity contribution in [2.75, 3.05) is 19.8 Å². The third-order valence-electron chi connectivity index (χ3n) is 1.76. The summed E-state index contributed by atoms with van der Waals surface area (Å²) in [7, 11) is 0. The molecule has 0 saturated heterocycles. The summed E-state index contributed by atoms with van der Waals surface area (Å²) in [5.74, 6) is 3.30. The van der Waals surface area contributed by atoms with Gasteiger partial charge in [0.1, 0.15) is 19.0 Å². The lowest BCUT2D eigenvalue weighted by molar-refractivity contribution is 0.124. The molecule has 0 N–H and O–H groups in total. The highest BCUT2D eigenvalue weighted by Gasteiger charge is 1.96. The summed E-state index contributed by atoms with van der Waals surface area (Å²) in [5, 5.41) is 0. The van der Waals surface area contributed by atoms with Gasteiger partial charge in [0.15, 0.2) is 0 Å². The summed E-state index contributed by atoms with van der Waals surface area (Å²) >= 11 is 0. The predicted octanol–water partition coefficient (Wildman–Crippen LogP) is 2.02. The smallest absolute Gasteiger partial charge is 0.122 e. The lowest BCUT2D eigenvalue weighted by Crippen LogP contribution is -2.07. The summed E-state index contributed by atoms with van der Waals surface area (Å²) in [6, 6.07) is 7.88. The SMILES string of the molecule is C#CCOCCOc1ccccc1C. The van der Waals surface area contributed by atoms with Crippen LogP contribution in [0.25, 0.3) is 0 Å². The fourth-order valence-corrected chi connectivity index (χ4v) is 1.06. The van der Waals surface area contributed by atoms with Crippen molar-refractivity contribution < 1.29 is 9.47 Å². The summed E-state index contributed by atoms with van der Waals surface area (Å²) < 4.78 is 10.6. The van der Waals surface area contributed by atoms with Gasteiger partial charge in [0.2, 0.25) is 0 Å². The van der Waals surface area contributed by atoms with E-state index >= 15 is 0 Å². The Kier molecular flexibility index (Phi) is 4.60. The normalized spacial score (nSPS) is 9.43. The highest BCUT2D eigenvalue weighted by atomic mass is 16.5. The van der Waals surface area contributed by atoms with Crippen LogP contribution in [-0.4, -0.2) is 19.8 Å². The molecule has 2 heteroatoms. The van der Waals surface area contributed by atoms with E-state index in [-0.39, 0.29) is 0 Å². The molecule has 0 aliphatic carbocycles. The molecule has 0 unspecified atom stereocenters. The second-order valence-electron chi connectivity index (χ2n) is 2.87. The largest absolute Gasteiger partial charge is 0.491 e. The van der Waals surface area contributed by atoms with Gasteiger partial charge in [0.05, 0.1) is 6.61 Å². The molecule has 0 spiro atoms. The van der Waals surface area contributed by atoms with E-state index in [0.717, 1.165) is 11.3 Å². The molecular formula is C12H14O2. The number of para-hydroxylation sites is 1. The molecule has 0 bridgehead atoms. The average Bonchev–Trinajstić information content (AvgIpc) is 2.20. The topological polar surface area (TPSA) is 18.5 Å². The molecule has 2 nitrogen and oxygen atoms in total. The van der Waals surface area contributed by atoms with Crippen LogP contribution in [0.15, 0.2) is 24.3 Å². The van der Waals surface area contributed by atoms with Crippen LogP contribution >= 0.6 is 0 Å². The van der Waals surface area contributed by atoms with Crippen molar-refractivity contribution >= 4 is 0 Å². The highest BCUT2D eigenvalue weighted by Crippen LogP contribution is 2.15. The Labute approximate surface area is 84.8 Å². The van der Waals surface area contributed by atoms with Gasteiger partial charge in [-0.15, -0.1) is 6.42 Å². The zero-order chi connectivity index (χ0) is 10.2. The van der Waals surface area contributed by atoms with Crippen molar-refractivity contribution in [2.45, 2.75) is 6.92 Å². The van der Waals surface area contributed by atoms with Crippen molar-refractivity contribution in [2.24, 2.45) is 0 Å². The van der Waals surface area contributed by atoms with Crippen molar-refractivity contribution in [1.82, 2.24) is 0 Å². The monoisotopic (exact) mass is 190 g/mol. The first-order chi connectivity index (χ1) is 6.84. The third kappa shape index (κ3) is 3.51. The van der Waals surface area contributed by atoms with Gasteiger partial charge in [-0.25, -0.2) is 0 Å². The number of terminal acetylenes is 1. The Balaban J connectivity index is 2.25. The Morgan fingerprint density at radius 1 is 1.29 bits per heavy atom. The molecule has 0 aromatic heterocycles. The van der Waals surface area contributed by atoms with Gasteiger partial charge in [0.25, 0.3) is 0 Å². The molecule has 1 aromatic rings. The van der Waals surface area contributed by atoms with Crippen LogP contribution in [0.5, 0.6) is 5.75 Å². The highest BCUT2D eigenvalue weighted by molar-refractivity contribution is 5.31. The van der Waals surface area contributed by atoms with Gasteiger partial charge in [-0.2, -0.15) is 0 Å². The summed E-state index contributed by atoms with van der Waals surface area (Å²) in [6.45, 7) is 3.42. The number of ether oxygens (including phenoxy) is 2. The zero-order valence-electron chi connectivity index (χ0n) is 8.32. The maximum Gasteiger partial charge on any atom is 0.122 e. The van der Waals surface area contributed by atoms with Crippen LogP contribution in [0.2, 0.25) is 0 Å². The lowest BCUT2D eigenvalue weighted by atomic mass is 10.2. The molecule has 0 atom stereocenters. The number of hydrogen-bond donors (Lipinski definition) is 0. The van der Waals surface area contributed by atoms with E-state index in [0.29, 0.717) is 19.8 Å². The van der Waals surface area contributed by atoms with Gasteiger partial charge in [0, 0.05) is 0 Å². The maximum atomic E-state index is 5.49. The molecule has 1 rings (SSSR count). The van der Waals surface area contributed by atoms with Gasteiger partial charge in [-0.3, -0.25) is 0 Å². The molecule has 0 aliphatic rings. The zero-order valence-corrected chi connectivity index (χ0v) is 8.32. The summed E-state index contributed by atoms with van der Waals surface area (Å²) in [4.78, 5) is 0. The number of hydrogen-bond acceptors (Lipinski definition) is 2. The van der Waals surface area contributed by atoms with Gasteiger partial charge >= 0.3 is 0 Å². The maximum absolute atomic E-state index is 5.49. The number of benzene rings is 1. The van der Waals surface area contributed by atoms with Crippen LogP contribution in [0.1, 0.15) is 5.56 Å². The summed E-state index contributed by atoms with van der Waals surface area (Å²) in [6.07, 6.45) is 5.03. The molecular weight excluding hydrogens is 176 g/mol. The van der Waals surface area contributed by atoms with Crippen molar-refractivity contribution in [3.63, 3.8) is 0 Å². The van der Waals surface area contributed by atoms with Crippen molar-refractivity contribution in [1.29, 1.82) is 0 Å². The van der Waals surface area contributed by atoms with Crippen LogP contribution in [0.3, 0.4) is 0 Å².